The van der Waals surface area contributed by atoms with Gasteiger partial charge in [0.25, 0.3) is 16.0 Å². The highest BCUT2D eigenvalue weighted by Crippen LogP contribution is 2.34. The van der Waals surface area contributed by atoms with Gasteiger partial charge in [-0.15, -0.1) is 16.4 Å². The van der Waals surface area contributed by atoms with Gasteiger partial charge in [-0.25, -0.2) is 19.2 Å². The zero-order valence-corrected chi connectivity index (χ0v) is 29.0. The summed E-state index contributed by atoms with van der Waals surface area (Å²) in [5, 5.41) is 16.0. The van der Waals surface area contributed by atoms with Crippen molar-refractivity contribution in [1.82, 2.24) is 35.0 Å². The Morgan fingerprint density at radius 1 is 1.04 bits per heavy atom. The van der Waals surface area contributed by atoms with Crippen LogP contribution in [0.4, 0.5) is 14.5 Å². The maximum atomic E-state index is 14.7. The van der Waals surface area contributed by atoms with Gasteiger partial charge in [-0.05, 0) is 63.9 Å². The molecule has 15 nitrogen and oxygen atoms in total. The molecule has 270 valence electrons. The highest BCUT2D eigenvalue weighted by atomic mass is 32.2. The largest absolute Gasteiger partial charge is 0.379 e. The number of halogens is 2. The van der Waals surface area contributed by atoms with Crippen LogP contribution in [0.1, 0.15) is 49.1 Å². The number of benzene rings is 1. The van der Waals surface area contributed by atoms with Crippen molar-refractivity contribution in [3.8, 4) is 22.0 Å². The number of thiazole rings is 1. The van der Waals surface area contributed by atoms with Gasteiger partial charge < -0.3 is 20.2 Å². The molecule has 1 aromatic carbocycles. The van der Waals surface area contributed by atoms with E-state index in [0.29, 0.717) is 17.2 Å². The molecule has 5 aromatic rings. The molecule has 0 unspecified atom stereocenters. The lowest BCUT2D eigenvalue weighted by molar-refractivity contribution is -0.144. The minimum absolute atomic E-state index is 0.00246. The number of carbonyl (C=O) groups excluding carboxylic acids is 2. The minimum atomic E-state index is -4.00. The zero-order chi connectivity index (χ0) is 36.5. The molecule has 0 aliphatic heterocycles. The van der Waals surface area contributed by atoms with Crippen LogP contribution in [-0.2, 0) is 19.6 Å². The smallest absolute Gasteiger partial charge is 0.348 e. The molecular formula is C32H34F2N8O7S2. The number of rotatable bonds is 11. The van der Waals surface area contributed by atoms with Crippen LogP contribution in [0.2, 0.25) is 0 Å². The summed E-state index contributed by atoms with van der Waals surface area (Å²) in [5.41, 5.74) is 0.517. The average Bonchev–Trinajstić information content (AvgIpc) is 3.88. The Labute approximate surface area is 295 Å². The van der Waals surface area contributed by atoms with Gasteiger partial charge in [0.2, 0.25) is 5.95 Å². The molecular weight excluding hydrogens is 711 g/mol. The van der Waals surface area contributed by atoms with Gasteiger partial charge in [0.15, 0.2) is 5.82 Å². The van der Waals surface area contributed by atoms with Gasteiger partial charge in [-0.3, -0.25) is 14.0 Å². The Morgan fingerprint density at radius 2 is 1.78 bits per heavy atom. The normalized spacial score (nSPS) is 15.9. The summed E-state index contributed by atoms with van der Waals surface area (Å²) in [6.45, 7) is 2.62. The number of anilines is 1. The van der Waals surface area contributed by atoms with E-state index in [9.17, 15) is 26.8 Å². The molecule has 0 saturated heterocycles. The van der Waals surface area contributed by atoms with Gasteiger partial charge in [0, 0.05) is 18.2 Å². The van der Waals surface area contributed by atoms with E-state index in [4.69, 9.17) is 14.1 Å². The van der Waals surface area contributed by atoms with Gasteiger partial charge in [0.05, 0.1) is 47.2 Å². The predicted molar refractivity (Wildman–Crippen MR) is 181 cm³/mol. The zero-order valence-electron chi connectivity index (χ0n) is 27.4. The standard InChI is InChI=1S/C26H28F2N8O4S.C6H6O3S/c1-3-39-17-6-4-16(5-7-17)35-13-19(24(34-35)23-18(27)8-9-21(28)33-23)31-25(38)20-14-41-26(32-20)15-10-30-36(12-15)40-22(37)11-29-2;7-10(8,9)6-4-2-1-3-5-6/h8-10,12-14,16-17,29H,3-7,11H2,1-2H3,(H,31,38);1-5H,(H,7,8,9). The lowest BCUT2D eigenvalue weighted by Crippen LogP contribution is -2.29. The SMILES string of the molecule is CCOC1CCC(n2cc(NC(=O)c3csc(-c4cnn(OC(=O)CNC)c4)n3)c(-c3nc(F)ccc3F)n2)CC1.O=S(=O)(O)c1ccccc1. The predicted octanol–water partition coefficient (Wildman–Crippen LogP) is 4.42. The van der Waals surface area contributed by atoms with Crippen LogP contribution in [0.25, 0.3) is 22.0 Å². The molecule has 51 heavy (non-hydrogen) atoms. The second-order valence-corrected chi connectivity index (χ2v) is 13.4. The van der Waals surface area contributed by atoms with Crippen LogP contribution in [-0.4, -0.2) is 80.8 Å². The van der Waals surface area contributed by atoms with Gasteiger partial charge in [-0.1, -0.05) is 23.0 Å². The number of amides is 1. The molecule has 0 radical (unpaired) electrons. The second kappa shape index (κ2) is 16.8. The van der Waals surface area contributed by atoms with Gasteiger partial charge in [-0.2, -0.15) is 17.9 Å². The van der Waals surface area contributed by atoms with E-state index in [0.717, 1.165) is 42.7 Å². The quantitative estimate of drug-likeness (QED) is 0.128. The van der Waals surface area contributed by atoms with Crippen molar-refractivity contribution in [3.05, 3.63) is 83.9 Å². The topological polar surface area (TPSA) is 192 Å². The third-order valence-electron chi connectivity index (χ3n) is 7.54. The number of ether oxygens (including phenoxy) is 1. The van der Waals surface area contributed by atoms with Crippen LogP contribution in [0.5, 0.6) is 0 Å². The summed E-state index contributed by atoms with van der Waals surface area (Å²) in [7, 11) is -2.39. The lowest BCUT2D eigenvalue weighted by atomic mass is 9.93. The summed E-state index contributed by atoms with van der Waals surface area (Å²) in [6.07, 6.45) is 7.96. The third-order valence-corrected chi connectivity index (χ3v) is 9.30. The summed E-state index contributed by atoms with van der Waals surface area (Å²) in [4.78, 5) is 38.9. The first kappa shape index (κ1) is 37.3. The number of nitrogens with one attached hydrogen (secondary N) is 2. The van der Waals surface area contributed by atoms with E-state index in [2.05, 4.69) is 30.8 Å². The van der Waals surface area contributed by atoms with Crippen molar-refractivity contribution < 1.29 is 40.9 Å². The molecule has 0 atom stereocenters. The molecule has 1 saturated carbocycles. The molecule has 19 heteroatoms. The van der Waals surface area contributed by atoms with Crippen molar-refractivity contribution in [2.24, 2.45) is 0 Å². The lowest BCUT2D eigenvalue weighted by Gasteiger charge is -2.28. The fourth-order valence-electron chi connectivity index (χ4n) is 5.18. The van der Waals surface area contributed by atoms with Crippen molar-refractivity contribution in [2.45, 2.75) is 49.6 Å². The van der Waals surface area contributed by atoms with Crippen LogP contribution < -0.4 is 15.5 Å². The highest BCUT2D eigenvalue weighted by Gasteiger charge is 2.27. The molecule has 0 bridgehead atoms. The molecule has 0 spiro atoms. The molecule has 1 fully saturated rings. The molecule has 3 N–H and O–H groups in total. The van der Waals surface area contributed by atoms with Crippen molar-refractivity contribution in [1.29, 1.82) is 0 Å². The van der Waals surface area contributed by atoms with Gasteiger partial charge >= 0.3 is 5.97 Å². The average molecular weight is 745 g/mol. The first-order chi connectivity index (χ1) is 24.4. The van der Waals surface area contributed by atoms with Crippen molar-refractivity contribution >= 4 is 39.0 Å². The van der Waals surface area contributed by atoms with Crippen LogP contribution in [0, 0.1) is 11.8 Å². The number of carbonyl (C=O) groups is 2. The summed E-state index contributed by atoms with van der Waals surface area (Å²) in [6, 6.07) is 9.31. The molecule has 1 amide bonds. The number of pyridine rings is 1. The number of aromatic nitrogens is 6. The van der Waals surface area contributed by atoms with Crippen LogP contribution in [0.3, 0.4) is 0 Å². The first-order valence-corrected chi connectivity index (χ1v) is 18.0. The highest BCUT2D eigenvalue weighted by molar-refractivity contribution is 7.85. The van der Waals surface area contributed by atoms with Gasteiger partial charge in [0.1, 0.15) is 22.1 Å². The van der Waals surface area contributed by atoms with Crippen LogP contribution in [0.15, 0.2) is 71.3 Å². The molecule has 6 rings (SSSR count). The monoisotopic (exact) mass is 744 g/mol. The maximum absolute atomic E-state index is 14.7. The van der Waals surface area contributed by atoms with Crippen LogP contribution >= 0.6 is 11.3 Å². The van der Waals surface area contributed by atoms with Crippen molar-refractivity contribution in [3.63, 3.8) is 0 Å². The second-order valence-electron chi connectivity index (χ2n) is 11.1. The summed E-state index contributed by atoms with van der Waals surface area (Å²) >= 11 is 1.19. The number of hydrogen-bond acceptors (Lipinski definition) is 12. The summed E-state index contributed by atoms with van der Waals surface area (Å²) < 4.78 is 65.4. The number of nitrogens with zero attached hydrogens (tertiary/aromatic N) is 6. The van der Waals surface area contributed by atoms with E-state index < -0.39 is 33.8 Å². The molecule has 4 heterocycles. The van der Waals surface area contributed by atoms with E-state index in [1.54, 1.807) is 41.5 Å². The molecule has 4 aromatic heterocycles. The molecule has 1 aliphatic rings. The van der Waals surface area contributed by atoms with E-state index in [1.165, 1.54) is 35.9 Å². The van der Waals surface area contributed by atoms with Crippen molar-refractivity contribution in [2.75, 3.05) is 25.5 Å². The maximum Gasteiger partial charge on any atom is 0.348 e. The Bertz CT molecular complexity index is 2060. The Morgan fingerprint density at radius 3 is 2.45 bits per heavy atom. The number of hydrogen-bond donors (Lipinski definition) is 3. The Balaban J connectivity index is 0.000000435. The summed E-state index contributed by atoms with van der Waals surface area (Å²) in [5.74, 6) is -2.73. The minimum Gasteiger partial charge on any atom is -0.379 e. The first-order valence-electron chi connectivity index (χ1n) is 15.7. The third kappa shape index (κ3) is 9.85. The Kier molecular flexibility index (Phi) is 12.3. The fourth-order valence-corrected chi connectivity index (χ4v) is 6.45. The van der Waals surface area contributed by atoms with E-state index in [1.807, 2.05) is 6.92 Å². The fraction of sp³-hybridized carbons (Fsp3) is 0.312. The Hall–Kier alpha value is -4.95. The van der Waals surface area contributed by atoms with E-state index >= 15 is 0 Å². The van der Waals surface area contributed by atoms with E-state index in [-0.39, 0.29) is 46.4 Å². The number of likely N-dealkylation sites (N-methyl/N-ethyl adjacent to an activating group) is 1. The molecule has 1 aliphatic carbocycles.